The maximum Gasteiger partial charge on any atom is 0.212 e. The molecule has 0 fully saturated rings. The van der Waals surface area contributed by atoms with Crippen molar-refractivity contribution in [1.82, 2.24) is 9.78 Å². The number of Topliss-reactive ketones (excluding diaryl/α,β-unsaturated/α-hetero) is 1. The van der Waals surface area contributed by atoms with Crippen molar-refractivity contribution in [2.75, 3.05) is 5.32 Å². The summed E-state index contributed by atoms with van der Waals surface area (Å²) in [4.78, 5) is 22.2. The monoisotopic (exact) mass is 382 g/mol. The fourth-order valence-corrected chi connectivity index (χ4v) is 3.12. The van der Waals surface area contributed by atoms with Crippen LogP contribution in [0.15, 0.2) is 54.6 Å². The van der Waals surface area contributed by atoms with Crippen molar-refractivity contribution in [3.63, 3.8) is 0 Å². The van der Waals surface area contributed by atoms with Crippen LogP contribution in [0.4, 0.5) is 5.82 Å². The van der Waals surface area contributed by atoms with E-state index in [4.69, 9.17) is 0 Å². The van der Waals surface area contributed by atoms with Crippen LogP contribution in [-0.2, 0) is 21.6 Å². The van der Waals surface area contributed by atoms with Gasteiger partial charge in [-0.2, -0.15) is 0 Å². The molecule has 1 aromatic heterocycles. The zero-order valence-electron chi connectivity index (χ0n) is 14.4. The molecule has 1 heterocycles. The molecule has 1 amide bonds. The maximum absolute atomic E-state index is 11.5. The van der Waals surface area contributed by atoms with E-state index in [9.17, 15) is 18.4 Å². The molecule has 8 heteroatoms. The van der Waals surface area contributed by atoms with E-state index in [1.165, 1.54) is 6.92 Å². The summed E-state index contributed by atoms with van der Waals surface area (Å²) in [5.41, 5.74) is 3.50. The van der Waals surface area contributed by atoms with Crippen LogP contribution < -0.4 is 5.32 Å². The number of ketones is 1. The summed E-state index contributed by atoms with van der Waals surface area (Å²) in [6, 6.07) is 15.7. The first-order valence-corrected chi connectivity index (χ1v) is 9.29. The molecule has 0 saturated carbocycles. The van der Waals surface area contributed by atoms with Gasteiger partial charge in [0.2, 0.25) is 6.41 Å². The lowest BCUT2D eigenvalue weighted by Crippen LogP contribution is -2.02. The molecule has 0 spiro atoms. The number of aromatic nitrogens is 2. The van der Waals surface area contributed by atoms with Crippen LogP contribution in [0.1, 0.15) is 22.8 Å². The third-order valence-electron chi connectivity index (χ3n) is 3.97. The molecule has 0 radical (unpaired) electrons. The zero-order chi connectivity index (χ0) is 19.4. The summed E-state index contributed by atoms with van der Waals surface area (Å²) < 4.78 is 23.3. The molecule has 1 N–H and O–H groups in total. The molecule has 27 heavy (non-hydrogen) atoms. The number of amides is 1. The van der Waals surface area contributed by atoms with E-state index in [0.717, 1.165) is 11.3 Å². The van der Waals surface area contributed by atoms with Crippen molar-refractivity contribution in [3.8, 4) is 16.9 Å². The van der Waals surface area contributed by atoms with Gasteiger partial charge in [0.05, 0.1) is 11.4 Å². The summed E-state index contributed by atoms with van der Waals surface area (Å²) in [6.45, 7) is 1.50. The van der Waals surface area contributed by atoms with Gasteiger partial charge in [0.15, 0.2) is 11.6 Å². The third kappa shape index (κ3) is 4.36. The molecule has 0 aliphatic heterocycles. The average Bonchev–Trinajstić information content (AvgIpc) is 3.06. The topological polar surface area (TPSA) is 104 Å². The van der Waals surface area contributed by atoms with Crippen molar-refractivity contribution in [1.29, 1.82) is 0 Å². The third-order valence-corrected chi connectivity index (χ3v) is 4.54. The molecule has 3 rings (SSSR count). The Hall–Kier alpha value is -3.10. The van der Waals surface area contributed by atoms with Crippen LogP contribution in [0.25, 0.3) is 16.9 Å². The Morgan fingerprint density at radius 3 is 2.41 bits per heavy atom. The van der Waals surface area contributed by atoms with Gasteiger partial charge in [0.25, 0.3) is 0 Å². The lowest BCUT2D eigenvalue weighted by Gasteiger charge is -2.09. The zero-order valence-corrected chi connectivity index (χ0v) is 15.2. The minimum atomic E-state index is -2.15. The van der Waals surface area contributed by atoms with Crippen molar-refractivity contribution in [2.45, 2.75) is 12.7 Å². The van der Waals surface area contributed by atoms with Gasteiger partial charge in [-0.1, -0.05) is 35.3 Å². The Kier molecular flexibility index (Phi) is 5.58. The molecule has 2 aromatic carbocycles. The number of rotatable bonds is 7. The van der Waals surface area contributed by atoms with Crippen LogP contribution in [0.2, 0.25) is 0 Å². The minimum absolute atomic E-state index is 0.0306. The van der Waals surface area contributed by atoms with Crippen molar-refractivity contribution >= 4 is 29.1 Å². The first-order chi connectivity index (χ1) is 13.0. The Balaban J connectivity index is 2.02. The second-order valence-electron chi connectivity index (χ2n) is 5.84. The number of hydrogen-bond donors (Lipinski definition) is 1. The van der Waals surface area contributed by atoms with E-state index in [0.29, 0.717) is 29.0 Å². The predicted molar refractivity (Wildman–Crippen MR) is 101 cm³/mol. The number of nitrogens with zero attached hydrogens (tertiary/aromatic N) is 2. The van der Waals surface area contributed by atoms with Crippen molar-refractivity contribution in [3.05, 3.63) is 65.7 Å². The van der Waals surface area contributed by atoms with Gasteiger partial charge in [0, 0.05) is 22.9 Å². The highest BCUT2D eigenvalue weighted by molar-refractivity contribution is 7.78. The Labute approximate surface area is 158 Å². The number of carbonyl (C=O) groups excluding carboxylic acids is 2. The highest BCUT2D eigenvalue weighted by Crippen LogP contribution is 2.26. The molecule has 1 atom stereocenters. The highest BCUT2D eigenvalue weighted by atomic mass is 32.2. The fourth-order valence-electron chi connectivity index (χ4n) is 2.66. The first kappa shape index (κ1) is 18.7. The quantitative estimate of drug-likeness (QED) is 0.384. The molecule has 0 saturated heterocycles. The summed E-state index contributed by atoms with van der Waals surface area (Å²) in [5.74, 6) is 0.293. The molecule has 7 nitrogen and oxygen atoms in total. The van der Waals surface area contributed by atoms with Gasteiger partial charge in [-0.05, 0) is 36.8 Å². The van der Waals surface area contributed by atoms with E-state index < -0.39 is 11.1 Å². The largest absolute Gasteiger partial charge is 0.772 e. The van der Waals surface area contributed by atoms with E-state index in [1.807, 2.05) is 0 Å². The normalized spacial score (nSPS) is 11.8. The fraction of sp³-hybridized carbons (Fsp3) is 0.105. The highest BCUT2D eigenvalue weighted by Gasteiger charge is 2.12. The van der Waals surface area contributed by atoms with Gasteiger partial charge in [-0.3, -0.25) is 13.8 Å². The van der Waals surface area contributed by atoms with Gasteiger partial charge in [0.1, 0.15) is 0 Å². The lowest BCUT2D eigenvalue weighted by atomic mass is 10.1. The molecular formula is C19H16N3O4S-. The van der Waals surface area contributed by atoms with Crippen molar-refractivity contribution in [2.24, 2.45) is 0 Å². The molecular weight excluding hydrogens is 366 g/mol. The van der Waals surface area contributed by atoms with Crippen LogP contribution in [-0.4, -0.2) is 30.7 Å². The molecule has 138 valence electrons. The Morgan fingerprint density at radius 1 is 1.19 bits per heavy atom. The summed E-state index contributed by atoms with van der Waals surface area (Å²) in [5, 5.41) is 6.91. The summed E-state index contributed by atoms with van der Waals surface area (Å²) >= 11 is -2.15. The molecule has 1 unspecified atom stereocenters. The molecule has 0 aliphatic rings. The Bertz CT molecular complexity index is 995. The van der Waals surface area contributed by atoms with Crippen molar-refractivity contribution < 1.29 is 18.4 Å². The number of anilines is 1. The number of carbonyl (C=O) groups is 2. The number of hydrogen-bond acceptors (Lipinski definition) is 5. The van der Waals surface area contributed by atoms with Crippen LogP contribution in [0.3, 0.4) is 0 Å². The molecule has 0 bridgehead atoms. The van der Waals surface area contributed by atoms with E-state index in [1.54, 1.807) is 59.3 Å². The number of nitrogens with one attached hydrogen (secondary N) is 1. The SMILES string of the molecule is CC(=O)c1ccc(-n2nc(NC=O)cc2-c2ccc(CS(=O)[O-])cc2)cc1. The van der Waals surface area contributed by atoms with Gasteiger partial charge >= 0.3 is 0 Å². The second kappa shape index (κ2) is 8.07. The standard InChI is InChI=1S/C19H17N3O4S/c1-13(24)15-6-8-17(9-7-15)22-18(10-19(21-22)20-12-23)16-4-2-14(3-5-16)11-27(25)26/h2-10,12H,11H2,1H3,(H,25,26)(H,20,21,23)/p-1. The summed E-state index contributed by atoms with van der Waals surface area (Å²) in [6.07, 6.45) is 0.544. The van der Waals surface area contributed by atoms with E-state index in [-0.39, 0.29) is 11.5 Å². The minimum Gasteiger partial charge on any atom is -0.772 e. The van der Waals surface area contributed by atoms with Crippen LogP contribution >= 0.6 is 0 Å². The average molecular weight is 382 g/mol. The van der Waals surface area contributed by atoms with Gasteiger partial charge < -0.3 is 9.87 Å². The van der Waals surface area contributed by atoms with Crippen LogP contribution in [0, 0.1) is 0 Å². The molecule has 0 aliphatic carbocycles. The predicted octanol–water partition coefficient (Wildman–Crippen LogP) is 2.69. The summed E-state index contributed by atoms with van der Waals surface area (Å²) in [7, 11) is 0. The lowest BCUT2D eigenvalue weighted by molar-refractivity contribution is -0.105. The van der Waals surface area contributed by atoms with E-state index >= 15 is 0 Å². The first-order valence-electron chi connectivity index (χ1n) is 8.04. The Morgan fingerprint density at radius 2 is 1.85 bits per heavy atom. The van der Waals surface area contributed by atoms with Crippen LogP contribution in [0.5, 0.6) is 0 Å². The second-order valence-corrected chi connectivity index (χ2v) is 6.73. The smallest absolute Gasteiger partial charge is 0.212 e. The van der Waals surface area contributed by atoms with Gasteiger partial charge in [-0.15, -0.1) is 5.10 Å². The molecule has 3 aromatic rings. The number of benzene rings is 2. The van der Waals surface area contributed by atoms with Gasteiger partial charge in [-0.25, -0.2) is 4.68 Å². The maximum atomic E-state index is 11.5. The van der Waals surface area contributed by atoms with E-state index in [2.05, 4.69) is 10.4 Å².